The van der Waals surface area contributed by atoms with Crippen molar-refractivity contribution >= 4 is 34.9 Å². The van der Waals surface area contributed by atoms with Crippen LogP contribution in [0.1, 0.15) is 13.8 Å². The van der Waals surface area contributed by atoms with Gasteiger partial charge in [0.1, 0.15) is 4.84 Å². The summed E-state index contributed by atoms with van der Waals surface area (Å²) in [4.78, 5) is 14.4. The molecule has 0 bridgehead atoms. The number of hydrogen-bond acceptors (Lipinski definition) is 3. The summed E-state index contributed by atoms with van der Waals surface area (Å²) < 4.78 is 0. The van der Waals surface area contributed by atoms with E-state index in [1.165, 1.54) is 6.92 Å². The molecule has 0 aliphatic rings. The van der Waals surface area contributed by atoms with Gasteiger partial charge in [0.2, 0.25) is 0 Å². The first-order valence-electron chi connectivity index (χ1n) is 3.14. The van der Waals surface area contributed by atoms with Crippen molar-refractivity contribution < 1.29 is 9.63 Å². The van der Waals surface area contributed by atoms with Crippen LogP contribution in [0, 0.1) is 0 Å². The Morgan fingerprint density at radius 1 is 1.50 bits per heavy atom. The number of carbonyl (C=O) groups excluding carboxylic acids is 1. The summed E-state index contributed by atoms with van der Waals surface area (Å²) in [5.41, 5.74) is 0.597. The van der Waals surface area contributed by atoms with Gasteiger partial charge in [-0.1, -0.05) is 34.9 Å². The molecule has 0 aromatic heterocycles. The van der Waals surface area contributed by atoms with Gasteiger partial charge >= 0.3 is 5.97 Å². The number of nitrogens with zero attached hydrogens (tertiary/aromatic N) is 1. The smallest absolute Gasteiger partial charge is 0.313 e. The van der Waals surface area contributed by atoms with Crippen LogP contribution >= 0.6 is 23.2 Å². The Morgan fingerprint density at radius 3 is 2.33 bits per heavy atom. The van der Waals surface area contributed by atoms with Crippen molar-refractivity contribution in [2.24, 2.45) is 5.16 Å². The van der Waals surface area contributed by atoms with Crippen LogP contribution in [-0.2, 0) is 9.63 Å². The highest BCUT2D eigenvalue weighted by atomic mass is 35.5. The van der Waals surface area contributed by atoms with Gasteiger partial charge in [0, 0.05) is 5.57 Å². The van der Waals surface area contributed by atoms with Crippen molar-refractivity contribution in [3.05, 3.63) is 12.2 Å². The minimum atomic E-state index is -0.761. The number of halogens is 2. The summed E-state index contributed by atoms with van der Waals surface area (Å²) >= 11 is 10.8. The molecular weight excluding hydrogens is 201 g/mol. The highest BCUT2D eigenvalue weighted by Gasteiger charge is 2.06. The topological polar surface area (TPSA) is 38.7 Å². The lowest BCUT2D eigenvalue weighted by Crippen LogP contribution is -2.07. The van der Waals surface area contributed by atoms with Crippen LogP contribution in [0.15, 0.2) is 17.3 Å². The molecule has 0 aromatic rings. The monoisotopic (exact) mass is 209 g/mol. The van der Waals surface area contributed by atoms with Crippen LogP contribution in [0.2, 0.25) is 0 Å². The lowest BCUT2D eigenvalue weighted by Gasteiger charge is -1.99. The first kappa shape index (κ1) is 11.5. The van der Waals surface area contributed by atoms with Gasteiger partial charge in [-0.2, -0.15) is 0 Å². The Bertz CT molecular complexity index is 223. The van der Waals surface area contributed by atoms with E-state index in [4.69, 9.17) is 23.2 Å². The van der Waals surface area contributed by atoms with Crippen LogP contribution in [0.4, 0.5) is 0 Å². The van der Waals surface area contributed by atoms with E-state index >= 15 is 0 Å². The molecule has 68 valence electrons. The van der Waals surface area contributed by atoms with E-state index in [9.17, 15) is 4.79 Å². The van der Waals surface area contributed by atoms with E-state index in [1.54, 1.807) is 6.92 Å². The fraction of sp³-hybridized carbons (Fsp3) is 0.429. The van der Waals surface area contributed by atoms with Crippen molar-refractivity contribution in [2.45, 2.75) is 18.7 Å². The SMILES string of the molecule is C=C(C)C(=O)O/N=C(/C)C(Cl)Cl. The van der Waals surface area contributed by atoms with E-state index in [-0.39, 0.29) is 5.57 Å². The number of hydrogen-bond donors (Lipinski definition) is 0. The zero-order chi connectivity index (χ0) is 9.72. The van der Waals surface area contributed by atoms with Crippen molar-refractivity contribution in [1.29, 1.82) is 0 Å². The van der Waals surface area contributed by atoms with Crippen molar-refractivity contribution in [3.8, 4) is 0 Å². The highest BCUT2D eigenvalue weighted by molar-refractivity contribution is 6.54. The minimum absolute atomic E-state index is 0.271. The molecule has 3 nitrogen and oxygen atoms in total. The second-order valence-electron chi connectivity index (χ2n) is 2.19. The zero-order valence-corrected chi connectivity index (χ0v) is 8.32. The molecule has 0 N–H and O–H groups in total. The van der Waals surface area contributed by atoms with Crippen LogP contribution in [-0.4, -0.2) is 16.5 Å². The van der Waals surface area contributed by atoms with Crippen molar-refractivity contribution in [2.75, 3.05) is 0 Å². The maximum Gasteiger partial charge on any atom is 0.360 e. The maximum atomic E-state index is 10.8. The molecular formula is C7H9Cl2NO2. The normalized spacial score (nSPS) is 11.6. The van der Waals surface area contributed by atoms with E-state index in [0.29, 0.717) is 5.71 Å². The molecule has 0 saturated heterocycles. The lowest BCUT2D eigenvalue weighted by atomic mass is 10.4. The first-order valence-corrected chi connectivity index (χ1v) is 4.02. The molecule has 0 spiro atoms. The number of rotatable bonds is 3. The minimum Gasteiger partial charge on any atom is -0.313 e. The predicted molar refractivity (Wildman–Crippen MR) is 49.5 cm³/mol. The van der Waals surface area contributed by atoms with Crippen LogP contribution in [0.25, 0.3) is 0 Å². The molecule has 0 fully saturated rings. The Hall–Kier alpha value is -0.540. The molecule has 0 amide bonds. The molecule has 0 radical (unpaired) electrons. The van der Waals surface area contributed by atoms with E-state index in [2.05, 4.69) is 16.6 Å². The third kappa shape index (κ3) is 4.36. The predicted octanol–water partition coefficient (Wildman–Crippen LogP) is 2.29. The fourth-order valence-electron chi connectivity index (χ4n) is 0.231. The van der Waals surface area contributed by atoms with E-state index < -0.39 is 10.8 Å². The standard InChI is InChI=1S/C7H9Cl2NO2/c1-4(2)7(11)12-10-5(3)6(8)9/h6H,1H2,2-3H3/b10-5-. The van der Waals surface area contributed by atoms with Crippen LogP contribution in [0.5, 0.6) is 0 Å². The third-order valence-corrected chi connectivity index (χ3v) is 1.57. The van der Waals surface area contributed by atoms with Gasteiger partial charge in [0.15, 0.2) is 0 Å². The van der Waals surface area contributed by atoms with E-state index in [0.717, 1.165) is 0 Å². The Balaban J connectivity index is 4.05. The molecule has 0 saturated carbocycles. The van der Waals surface area contributed by atoms with Gasteiger partial charge in [0.05, 0.1) is 5.71 Å². The second-order valence-corrected chi connectivity index (χ2v) is 3.29. The summed E-state index contributed by atoms with van der Waals surface area (Å²) in [6.07, 6.45) is 0. The molecule has 0 aromatic carbocycles. The molecule has 12 heavy (non-hydrogen) atoms. The number of oxime groups is 1. The molecule has 5 heteroatoms. The first-order chi connectivity index (χ1) is 5.45. The Labute approximate surface area is 81.0 Å². The van der Waals surface area contributed by atoms with Crippen molar-refractivity contribution in [1.82, 2.24) is 0 Å². The quantitative estimate of drug-likeness (QED) is 0.235. The Morgan fingerprint density at radius 2 is 2.00 bits per heavy atom. The van der Waals surface area contributed by atoms with Gasteiger partial charge in [-0.25, -0.2) is 4.79 Å². The molecule has 0 aliphatic heterocycles. The number of carbonyl (C=O) groups is 1. The fourth-order valence-corrected chi connectivity index (χ4v) is 0.311. The summed E-state index contributed by atoms with van der Waals surface area (Å²) in [5.74, 6) is -0.594. The summed E-state index contributed by atoms with van der Waals surface area (Å²) in [7, 11) is 0. The van der Waals surface area contributed by atoms with Crippen LogP contribution in [0.3, 0.4) is 0 Å². The Kier molecular flexibility index (Phi) is 4.93. The van der Waals surface area contributed by atoms with E-state index in [1.807, 2.05) is 0 Å². The third-order valence-electron chi connectivity index (χ3n) is 0.937. The molecule has 0 rings (SSSR count). The van der Waals surface area contributed by atoms with Gasteiger partial charge in [-0.3, -0.25) is 0 Å². The second kappa shape index (κ2) is 5.17. The van der Waals surface area contributed by atoms with Gasteiger partial charge in [0.25, 0.3) is 0 Å². The lowest BCUT2D eigenvalue weighted by molar-refractivity contribution is -0.138. The van der Waals surface area contributed by atoms with Crippen molar-refractivity contribution in [3.63, 3.8) is 0 Å². The molecule has 0 atom stereocenters. The zero-order valence-electron chi connectivity index (χ0n) is 6.80. The average Bonchev–Trinajstić information content (AvgIpc) is 1.98. The van der Waals surface area contributed by atoms with Gasteiger partial charge < -0.3 is 4.84 Å². The van der Waals surface area contributed by atoms with Gasteiger partial charge in [-0.15, -0.1) is 0 Å². The maximum absolute atomic E-state index is 10.8. The summed E-state index contributed by atoms with van der Waals surface area (Å²) in [5, 5.41) is 3.39. The van der Waals surface area contributed by atoms with Gasteiger partial charge in [-0.05, 0) is 13.8 Å². The molecule has 0 unspecified atom stereocenters. The largest absolute Gasteiger partial charge is 0.360 e. The highest BCUT2D eigenvalue weighted by Crippen LogP contribution is 2.04. The molecule has 0 aliphatic carbocycles. The average molecular weight is 210 g/mol. The summed E-state index contributed by atoms with van der Waals surface area (Å²) in [6.45, 7) is 6.44. The molecule has 0 heterocycles. The number of alkyl halides is 2. The van der Waals surface area contributed by atoms with Crippen LogP contribution < -0.4 is 0 Å². The summed E-state index contributed by atoms with van der Waals surface area (Å²) in [6, 6.07) is 0.